The van der Waals surface area contributed by atoms with Crippen LogP contribution in [-0.4, -0.2) is 47.2 Å². The highest BCUT2D eigenvalue weighted by Gasteiger charge is 2.39. The Hall–Kier alpha value is -2.31. The second-order valence-electron chi connectivity index (χ2n) is 8.02. The van der Waals surface area contributed by atoms with Crippen molar-refractivity contribution in [1.29, 1.82) is 0 Å². The maximum Gasteiger partial charge on any atom is 0.410 e. The van der Waals surface area contributed by atoms with Gasteiger partial charge in [-0.1, -0.05) is 0 Å². The third kappa shape index (κ3) is 5.11. The van der Waals surface area contributed by atoms with E-state index in [-0.39, 0.29) is 30.6 Å². The number of hydrogen-bond acceptors (Lipinski definition) is 5. The molecule has 0 radical (unpaired) electrons. The number of nitrogens with zero attached hydrogens (tertiary/aromatic N) is 1. The lowest BCUT2D eigenvalue weighted by Crippen LogP contribution is -2.48. The standard InChI is InChI=1S/C20H30N2O5/c1-7-26-18(24)16-11-22(19(25)27-20(4,5)6)9-8-14(16)15-10-17(23)21-13(3)12(15)2/h10,14,16H,7-9,11H2,1-6H3,(H,21,23)/t14-,16+/m1/s1. The number of rotatable bonds is 3. The fourth-order valence-electron chi connectivity index (χ4n) is 3.47. The van der Waals surface area contributed by atoms with Gasteiger partial charge >= 0.3 is 12.1 Å². The van der Waals surface area contributed by atoms with Crippen molar-refractivity contribution in [2.75, 3.05) is 19.7 Å². The number of aromatic amines is 1. The molecule has 1 saturated heterocycles. The number of aryl methyl sites for hydroxylation is 1. The summed E-state index contributed by atoms with van der Waals surface area (Å²) in [7, 11) is 0. The topological polar surface area (TPSA) is 88.7 Å². The van der Waals surface area contributed by atoms with E-state index in [0.29, 0.717) is 13.0 Å². The molecular formula is C20H30N2O5. The lowest BCUT2D eigenvalue weighted by Gasteiger charge is -2.38. The molecule has 27 heavy (non-hydrogen) atoms. The van der Waals surface area contributed by atoms with Crippen molar-refractivity contribution in [2.45, 2.75) is 59.5 Å². The van der Waals surface area contributed by atoms with E-state index in [9.17, 15) is 14.4 Å². The van der Waals surface area contributed by atoms with E-state index in [1.807, 2.05) is 34.6 Å². The Labute approximate surface area is 160 Å². The van der Waals surface area contributed by atoms with Crippen molar-refractivity contribution >= 4 is 12.1 Å². The molecule has 1 fully saturated rings. The van der Waals surface area contributed by atoms with Gasteiger partial charge < -0.3 is 19.4 Å². The van der Waals surface area contributed by atoms with Crippen LogP contribution >= 0.6 is 0 Å². The monoisotopic (exact) mass is 378 g/mol. The van der Waals surface area contributed by atoms with Gasteiger partial charge in [0.15, 0.2) is 0 Å². The maximum absolute atomic E-state index is 12.6. The summed E-state index contributed by atoms with van der Waals surface area (Å²) in [6.07, 6.45) is 0.126. The Morgan fingerprint density at radius 2 is 1.96 bits per heavy atom. The fraction of sp³-hybridized carbons (Fsp3) is 0.650. The number of nitrogens with one attached hydrogen (secondary N) is 1. The molecule has 0 aliphatic carbocycles. The molecule has 1 aromatic rings. The molecule has 0 bridgehead atoms. The van der Waals surface area contributed by atoms with Crippen LogP contribution in [0.5, 0.6) is 0 Å². The van der Waals surface area contributed by atoms with E-state index in [0.717, 1.165) is 16.8 Å². The zero-order valence-electron chi connectivity index (χ0n) is 17.0. The number of carbonyl (C=O) groups excluding carboxylic acids is 2. The first kappa shape index (κ1) is 21.0. The molecular weight excluding hydrogens is 348 g/mol. The van der Waals surface area contributed by atoms with Crippen LogP contribution in [0, 0.1) is 19.8 Å². The summed E-state index contributed by atoms with van der Waals surface area (Å²) in [5.41, 5.74) is 1.80. The SMILES string of the molecule is CCOC(=O)[C@H]1CN(C(=O)OC(C)(C)C)CC[C@@H]1c1cc(=O)[nH]c(C)c1C. The van der Waals surface area contributed by atoms with Crippen molar-refractivity contribution in [2.24, 2.45) is 5.92 Å². The third-order valence-corrected chi connectivity index (χ3v) is 4.85. The molecule has 0 unspecified atom stereocenters. The van der Waals surface area contributed by atoms with E-state index < -0.39 is 17.6 Å². The minimum absolute atomic E-state index is 0.177. The van der Waals surface area contributed by atoms with Gasteiger partial charge in [-0.2, -0.15) is 0 Å². The van der Waals surface area contributed by atoms with Gasteiger partial charge in [0.05, 0.1) is 12.5 Å². The highest BCUT2D eigenvalue weighted by Crippen LogP contribution is 2.36. The number of pyridine rings is 1. The van der Waals surface area contributed by atoms with Gasteiger partial charge in [0.25, 0.3) is 0 Å². The number of ether oxygens (including phenoxy) is 2. The van der Waals surface area contributed by atoms with Crippen LogP contribution in [0.4, 0.5) is 4.79 Å². The summed E-state index contributed by atoms with van der Waals surface area (Å²) in [4.78, 5) is 41.4. The second-order valence-corrected chi connectivity index (χ2v) is 8.02. The molecule has 150 valence electrons. The average molecular weight is 378 g/mol. The van der Waals surface area contributed by atoms with Crippen LogP contribution in [0.2, 0.25) is 0 Å². The summed E-state index contributed by atoms with van der Waals surface area (Å²) in [6, 6.07) is 1.56. The summed E-state index contributed by atoms with van der Waals surface area (Å²) >= 11 is 0. The van der Waals surface area contributed by atoms with Crippen LogP contribution < -0.4 is 5.56 Å². The lowest BCUT2D eigenvalue weighted by molar-refractivity contribution is -0.150. The van der Waals surface area contributed by atoms with Crippen molar-refractivity contribution in [3.8, 4) is 0 Å². The van der Waals surface area contributed by atoms with E-state index in [1.54, 1.807) is 17.9 Å². The summed E-state index contributed by atoms with van der Waals surface area (Å²) in [5, 5.41) is 0. The molecule has 1 aliphatic rings. The molecule has 7 heteroatoms. The van der Waals surface area contributed by atoms with Crippen LogP contribution in [0.3, 0.4) is 0 Å². The van der Waals surface area contributed by atoms with Crippen molar-refractivity contribution in [3.63, 3.8) is 0 Å². The number of likely N-dealkylation sites (tertiary alicyclic amines) is 1. The first-order chi connectivity index (χ1) is 12.5. The van der Waals surface area contributed by atoms with E-state index >= 15 is 0 Å². The molecule has 1 N–H and O–H groups in total. The number of amides is 1. The van der Waals surface area contributed by atoms with Gasteiger partial charge in [-0.15, -0.1) is 0 Å². The van der Waals surface area contributed by atoms with Gasteiger partial charge in [-0.05, 0) is 59.1 Å². The molecule has 1 amide bonds. The van der Waals surface area contributed by atoms with Crippen LogP contribution in [0.1, 0.15) is 56.9 Å². The maximum atomic E-state index is 12.6. The predicted octanol–water partition coefficient (Wildman–Crippen LogP) is 2.90. The van der Waals surface area contributed by atoms with E-state index in [4.69, 9.17) is 9.47 Å². The molecule has 0 aromatic carbocycles. The lowest BCUT2D eigenvalue weighted by atomic mass is 9.79. The molecule has 0 saturated carbocycles. The molecule has 0 spiro atoms. The first-order valence-corrected chi connectivity index (χ1v) is 9.38. The smallest absolute Gasteiger partial charge is 0.410 e. The predicted molar refractivity (Wildman–Crippen MR) is 102 cm³/mol. The second kappa shape index (κ2) is 8.15. The zero-order valence-corrected chi connectivity index (χ0v) is 17.0. The minimum atomic E-state index is -0.603. The number of esters is 1. The Balaban J connectivity index is 2.33. The Morgan fingerprint density at radius 3 is 2.56 bits per heavy atom. The van der Waals surface area contributed by atoms with Crippen LogP contribution in [0.25, 0.3) is 0 Å². The molecule has 2 atom stereocenters. The summed E-state index contributed by atoms with van der Waals surface area (Å²) < 4.78 is 10.7. The first-order valence-electron chi connectivity index (χ1n) is 9.38. The molecule has 2 heterocycles. The number of aromatic nitrogens is 1. The van der Waals surface area contributed by atoms with Crippen LogP contribution in [0.15, 0.2) is 10.9 Å². The normalized spacial score (nSPS) is 20.3. The van der Waals surface area contributed by atoms with Crippen molar-refractivity contribution in [3.05, 3.63) is 33.2 Å². The number of carbonyl (C=O) groups is 2. The number of H-pyrrole nitrogens is 1. The zero-order chi connectivity index (χ0) is 20.4. The number of hydrogen-bond donors (Lipinski definition) is 1. The highest BCUT2D eigenvalue weighted by molar-refractivity contribution is 5.76. The van der Waals surface area contributed by atoms with E-state index in [2.05, 4.69) is 4.98 Å². The Bertz CT molecular complexity index is 763. The van der Waals surface area contributed by atoms with Gasteiger partial charge in [-0.25, -0.2) is 4.79 Å². The quantitative estimate of drug-likeness (QED) is 0.817. The van der Waals surface area contributed by atoms with Crippen LogP contribution in [-0.2, 0) is 14.3 Å². The highest BCUT2D eigenvalue weighted by atomic mass is 16.6. The third-order valence-electron chi connectivity index (χ3n) is 4.85. The fourth-order valence-corrected chi connectivity index (χ4v) is 3.47. The summed E-state index contributed by atoms with van der Waals surface area (Å²) in [6.45, 7) is 11.9. The molecule has 2 rings (SSSR count). The molecule has 1 aromatic heterocycles. The molecule has 7 nitrogen and oxygen atoms in total. The molecule has 1 aliphatic heterocycles. The van der Waals surface area contributed by atoms with E-state index in [1.165, 1.54) is 0 Å². The van der Waals surface area contributed by atoms with Crippen molar-refractivity contribution < 1.29 is 19.1 Å². The minimum Gasteiger partial charge on any atom is -0.466 e. The van der Waals surface area contributed by atoms with Gasteiger partial charge in [0.1, 0.15) is 5.60 Å². The Morgan fingerprint density at radius 1 is 1.30 bits per heavy atom. The Kier molecular flexibility index (Phi) is 6.34. The average Bonchev–Trinajstić information content (AvgIpc) is 2.56. The van der Waals surface area contributed by atoms with Gasteiger partial charge in [0.2, 0.25) is 5.56 Å². The van der Waals surface area contributed by atoms with Crippen molar-refractivity contribution in [1.82, 2.24) is 9.88 Å². The van der Waals surface area contributed by atoms with Gasteiger partial charge in [0, 0.05) is 30.8 Å². The van der Waals surface area contributed by atoms with Gasteiger partial charge in [-0.3, -0.25) is 9.59 Å². The number of piperidine rings is 1. The summed E-state index contributed by atoms with van der Waals surface area (Å²) in [5.74, 6) is -1.07. The largest absolute Gasteiger partial charge is 0.466 e.